The molecule has 1 saturated heterocycles. The van der Waals surface area contributed by atoms with Crippen LogP contribution in [0.25, 0.3) is 0 Å². The smallest absolute Gasteiger partial charge is 0.280 e. The molecular formula is C13H15F4N3O. The number of anilines is 1. The van der Waals surface area contributed by atoms with Crippen molar-refractivity contribution in [2.24, 2.45) is 5.73 Å². The predicted molar refractivity (Wildman–Crippen MR) is 68.7 cm³/mol. The summed E-state index contributed by atoms with van der Waals surface area (Å²) in [6, 6.07) is 2.18. The van der Waals surface area contributed by atoms with Crippen molar-refractivity contribution in [3.8, 4) is 0 Å². The van der Waals surface area contributed by atoms with Gasteiger partial charge in [-0.05, 0) is 18.6 Å². The third-order valence-electron chi connectivity index (χ3n) is 3.40. The molecule has 21 heavy (non-hydrogen) atoms. The first-order chi connectivity index (χ1) is 9.80. The monoisotopic (exact) mass is 305 g/mol. The Bertz CT molecular complexity index is 536. The minimum Gasteiger partial charge on any atom is -0.365 e. The van der Waals surface area contributed by atoms with Crippen LogP contribution < -0.4 is 10.6 Å². The van der Waals surface area contributed by atoms with Gasteiger partial charge in [-0.3, -0.25) is 4.79 Å². The van der Waals surface area contributed by atoms with Gasteiger partial charge in [-0.15, -0.1) is 0 Å². The summed E-state index contributed by atoms with van der Waals surface area (Å²) >= 11 is 0. The zero-order valence-corrected chi connectivity index (χ0v) is 11.2. The third kappa shape index (κ3) is 3.62. The summed E-state index contributed by atoms with van der Waals surface area (Å²) in [4.78, 5) is 16.5. The summed E-state index contributed by atoms with van der Waals surface area (Å²) in [6.45, 7) is 0.155. The van der Waals surface area contributed by atoms with Crippen LogP contribution >= 0.6 is 0 Å². The summed E-state index contributed by atoms with van der Waals surface area (Å²) in [7, 11) is 0. The second kappa shape index (κ2) is 5.87. The van der Waals surface area contributed by atoms with Crippen LogP contribution in [-0.4, -0.2) is 29.9 Å². The largest absolute Gasteiger partial charge is 0.365 e. The maximum absolute atomic E-state index is 13.4. The quantitative estimate of drug-likeness (QED) is 0.874. The molecule has 1 aliphatic heterocycles. The van der Waals surface area contributed by atoms with Gasteiger partial charge in [-0.1, -0.05) is 0 Å². The zero-order chi connectivity index (χ0) is 15.6. The van der Waals surface area contributed by atoms with Gasteiger partial charge in [0.05, 0.1) is 5.56 Å². The van der Waals surface area contributed by atoms with Gasteiger partial charge in [0.1, 0.15) is 11.5 Å². The SMILES string of the molecule is NC(=O)c1ccc(C(F)F)nc1N1CCCC(F)(F)CC1. The van der Waals surface area contributed by atoms with Crippen molar-refractivity contribution in [1.82, 2.24) is 4.98 Å². The number of nitrogens with zero attached hydrogens (tertiary/aromatic N) is 2. The molecule has 1 aliphatic rings. The molecule has 116 valence electrons. The Balaban J connectivity index is 2.36. The summed E-state index contributed by atoms with van der Waals surface area (Å²) < 4.78 is 52.2. The van der Waals surface area contributed by atoms with Gasteiger partial charge >= 0.3 is 0 Å². The fourth-order valence-electron chi connectivity index (χ4n) is 2.29. The van der Waals surface area contributed by atoms with E-state index in [-0.39, 0.29) is 37.3 Å². The molecule has 1 aromatic heterocycles. The van der Waals surface area contributed by atoms with Crippen LogP contribution in [0.5, 0.6) is 0 Å². The molecule has 2 heterocycles. The molecule has 4 nitrogen and oxygen atoms in total. The first kappa shape index (κ1) is 15.5. The Morgan fingerprint density at radius 2 is 2.00 bits per heavy atom. The molecule has 0 bridgehead atoms. The molecule has 2 N–H and O–H groups in total. The van der Waals surface area contributed by atoms with E-state index in [1.165, 1.54) is 4.90 Å². The van der Waals surface area contributed by atoms with E-state index in [9.17, 15) is 22.4 Å². The zero-order valence-electron chi connectivity index (χ0n) is 11.2. The molecule has 0 aromatic carbocycles. The molecule has 0 radical (unpaired) electrons. The molecule has 1 aromatic rings. The molecule has 1 fully saturated rings. The second-order valence-corrected chi connectivity index (χ2v) is 4.97. The van der Waals surface area contributed by atoms with Crippen LogP contribution in [0.4, 0.5) is 23.4 Å². The van der Waals surface area contributed by atoms with E-state index in [1.54, 1.807) is 0 Å². The minimum atomic E-state index is -2.81. The number of rotatable bonds is 3. The highest BCUT2D eigenvalue weighted by Crippen LogP contribution is 2.31. The normalized spacial score (nSPS) is 18.6. The number of alkyl halides is 4. The molecule has 0 aliphatic carbocycles. The fraction of sp³-hybridized carbons (Fsp3) is 0.538. The Kier molecular flexibility index (Phi) is 4.34. The molecular weight excluding hydrogens is 290 g/mol. The predicted octanol–water partition coefficient (Wildman–Crippen LogP) is 2.74. The van der Waals surface area contributed by atoms with Gasteiger partial charge in [-0.2, -0.15) is 0 Å². The maximum Gasteiger partial charge on any atom is 0.280 e. The summed E-state index contributed by atoms with van der Waals surface area (Å²) in [5, 5.41) is 0. The van der Waals surface area contributed by atoms with E-state index in [0.717, 1.165) is 12.1 Å². The first-order valence-corrected chi connectivity index (χ1v) is 6.52. The Hall–Kier alpha value is -1.86. The first-order valence-electron chi connectivity index (χ1n) is 6.52. The molecule has 0 atom stereocenters. The van der Waals surface area contributed by atoms with Crippen molar-refractivity contribution in [3.63, 3.8) is 0 Å². The number of pyridine rings is 1. The highest BCUT2D eigenvalue weighted by molar-refractivity contribution is 5.97. The highest BCUT2D eigenvalue weighted by atomic mass is 19.3. The van der Waals surface area contributed by atoms with E-state index in [4.69, 9.17) is 5.73 Å². The van der Waals surface area contributed by atoms with Crippen molar-refractivity contribution < 1.29 is 22.4 Å². The standard InChI is InChI=1S/C13H15F4N3O/c14-10(15)9-3-2-8(11(18)21)12(19-9)20-6-1-4-13(16,17)5-7-20/h2-3,10H,1,4-7H2,(H2,18,21). The van der Waals surface area contributed by atoms with Crippen LogP contribution in [0.1, 0.15) is 41.7 Å². The summed E-state index contributed by atoms with van der Waals surface area (Å²) in [5.74, 6) is -3.66. The van der Waals surface area contributed by atoms with E-state index in [2.05, 4.69) is 4.98 Å². The number of hydrogen-bond acceptors (Lipinski definition) is 3. The average Bonchev–Trinajstić information content (AvgIpc) is 2.58. The van der Waals surface area contributed by atoms with Crippen LogP contribution in [0.3, 0.4) is 0 Å². The van der Waals surface area contributed by atoms with E-state index in [1.807, 2.05) is 0 Å². The maximum atomic E-state index is 13.4. The van der Waals surface area contributed by atoms with Crippen LogP contribution in [-0.2, 0) is 0 Å². The van der Waals surface area contributed by atoms with Crippen molar-refractivity contribution in [2.75, 3.05) is 18.0 Å². The van der Waals surface area contributed by atoms with E-state index < -0.39 is 30.4 Å². The van der Waals surface area contributed by atoms with Gasteiger partial charge in [0.25, 0.3) is 12.3 Å². The van der Waals surface area contributed by atoms with E-state index >= 15 is 0 Å². The molecule has 0 saturated carbocycles. The van der Waals surface area contributed by atoms with Crippen molar-refractivity contribution in [3.05, 3.63) is 23.4 Å². The Labute approximate surface area is 118 Å². The molecule has 2 rings (SSSR count). The lowest BCUT2D eigenvalue weighted by Gasteiger charge is -2.24. The number of aromatic nitrogens is 1. The molecule has 8 heteroatoms. The third-order valence-corrected chi connectivity index (χ3v) is 3.40. The number of carbonyl (C=O) groups is 1. The number of carbonyl (C=O) groups excluding carboxylic acids is 1. The minimum absolute atomic E-state index is 0.0374. The van der Waals surface area contributed by atoms with Gasteiger partial charge in [0.15, 0.2) is 0 Å². The molecule has 0 unspecified atom stereocenters. The highest BCUT2D eigenvalue weighted by Gasteiger charge is 2.33. The van der Waals surface area contributed by atoms with E-state index in [0.29, 0.717) is 0 Å². The van der Waals surface area contributed by atoms with Gasteiger partial charge in [0, 0.05) is 25.9 Å². The lowest BCUT2D eigenvalue weighted by Crippen LogP contribution is -2.29. The van der Waals surface area contributed by atoms with Crippen molar-refractivity contribution in [1.29, 1.82) is 0 Å². The average molecular weight is 305 g/mol. The van der Waals surface area contributed by atoms with Gasteiger partial charge < -0.3 is 10.6 Å². The molecule has 1 amide bonds. The van der Waals surface area contributed by atoms with Crippen LogP contribution in [0, 0.1) is 0 Å². The number of halogens is 4. The number of nitrogens with two attached hydrogens (primary N) is 1. The topological polar surface area (TPSA) is 59.2 Å². The van der Waals surface area contributed by atoms with Crippen molar-refractivity contribution >= 4 is 11.7 Å². The van der Waals surface area contributed by atoms with Crippen LogP contribution in [0.2, 0.25) is 0 Å². The Morgan fingerprint density at radius 3 is 2.62 bits per heavy atom. The van der Waals surface area contributed by atoms with Crippen molar-refractivity contribution in [2.45, 2.75) is 31.6 Å². The van der Waals surface area contributed by atoms with Gasteiger partial charge in [0.2, 0.25) is 5.92 Å². The number of amides is 1. The summed E-state index contributed by atoms with van der Waals surface area (Å²) in [5.41, 5.74) is 4.65. The molecule has 0 spiro atoms. The number of hydrogen-bond donors (Lipinski definition) is 1. The lowest BCUT2D eigenvalue weighted by molar-refractivity contribution is -0.0102. The second-order valence-electron chi connectivity index (χ2n) is 4.97. The Morgan fingerprint density at radius 1 is 1.29 bits per heavy atom. The van der Waals surface area contributed by atoms with Gasteiger partial charge in [-0.25, -0.2) is 22.5 Å². The summed E-state index contributed by atoms with van der Waals surface area (Å²) in [6.07, 6.45) is -3.30. The fourth-order valence-corrected chi connectivity index (χ4v) is 2.29. The lowest BCUT2D eigenvalue weighted by atomic mass is 10.1. The number of primary amides is 1. The van der Waals surface area contributed by atoms with Crippen LogP contribution in [0.15, 0.2) is 12.1 Å².